The zero-order valence-electron chi connectivity index (χ0n) is 16.4. The summed E-state index contributed by atoms with van der Waals surface area (Å²) in [6.45, 7) is 8.02. The van der Waals surface area contributed by atoms with Gasteiger partial charge in [0.25, 0.3) is 0 Å². The van der Waals surface area contributed by atoms with Gasteiger partial charge in [0.2, 0.25) is 0 Å². The van der Waals surface area contributed by atoms with Gasteiger partial charge in [0.15, 0.2) is 0 Å². The van der Waals surface area contributed by atoms with E-state index in [1.807, 2.05) is 6.20 Å². The summed E-state index contributed by atoms with van der Waals surface area (Å²) in [6.07, 6.45) is 4.95. The number of benzene rings is 1. The van der Waals surface area contributed by atoms with Crippen molar-refractivity contribution >= 4 is 17.4 Å². The van der Waals surface area contributed by atoms with Gasteiger partial charge in [-0.3, -0.25) is 0 Å². The SMILES string of the molecule is C=C(NCc1ccc(F)c(Cl)c1)N1CCc2cnc(NC3CCOCC3)cc2C1. The van der Waals surface area contributed by atoms with Gasteiger partial charge in [-0.15, -0.1) is 0 Å². The average molecular weight is 417 g/mol. The van der Waals surface area contributed by atoms with Crippen molar-refractivity contribution in [3.8, 4) is 0 Å². The molecule has 1 aromatic carbocycles. The van der Waals surface area contributed by atoms with Crippen molar-refractivity contribution in [1.29, 1.82) is 0 Å². The van der Waals surface area contributed by atoms with Gasteiger partial charge in [-0.05, 0) is 54.2 Å². The molecule has 2 N–H and O–H groups in total. The standard InChI is InChI=1S/C22H26ClFN4O/c1-15(25-12-16-2-3-21(24)20(23)10-16)28-7-4-17-13-26-22(11-18(17)14-28)27-19-5-8-29-9-6-19/h2-3,10-11,13,19,25H,1,4-9,12,14H2,(H,26,27). The Bertz CT molecular complexity index is 885. The molecule has 2 aliphatic heterocycles. The van der Waals surface area contributed by atoms with Crippen LogP contribution in [0.1, 0.15) is 29.5 Å². The zero-order valence-corrected chi connectivity index (χ0v) is 17.1. The Morgan fingerprint density at radius 2 is 2.10 bits per heavy atom. The van der Waals surface area contributed by atoms with Gasteiger partial charge in [-0.1, -0.05) is 24.2 Å². The maximum Gasteiger partial charge on any atom is 0.141 e. The lowest BCUT2D eigenvalue weighted by molar-refractivity contribution is 0.0904. The minimum absolute atomic E-state index is 0.138. The summed E-state index contributed by atoms with van der Waals surface area (Å²) in [5, 5.41) is 7.01. The molecule has 2 aliphatic rings. The van der Waals surface area contributed by atoms with E-state index >= 15 is 0 Å². The lowest BCUT2D eigenvalue weighted by Gasteiger charge is -2.33. The molecule has 2 aromatic rings. The quantitative estimate of drug-likeness (QED) is 0.743. The maximum absolute atomic E-state index is 13.3. The molecule has 0 aliphatic carbocycles. The van der Waals surface area contributed by atoms with Crippen molar-refractivity contribution in [1.82, 2.24) is 15.2 Å². The first-order chi connectivity index (χ1) is 14.1. The summed E-state index contributed by atoms with van der Waals surface area (Å²) in [4.78, 5) is 6.82. The van der Waals surface area contributed by atoms with Crippen molar-refractivity contribution in [3.63, 3.8) is 0 Å². The highest BCUT2D eigenvalue weighted by Gasteiger charge is 2.20. The molecule has 1 saturated heterocycles. The summed E-state index contributed by atoms with van der Waals surface area (Å²) in [7, 11) is 0. The molecule has 5 nitrogen and oxygen atoms in total. The molecule has 4 rings (SSSR count). The zero-order chi connectivity index (χ0) is 20.2. The average Bonchev–Trinajstić information content (AvgIpc) is 2.74. The Labute approximate surface area is 175 Å². The Morgan fingerprint density at radius 1 is 1.28 bits per heavy atom. The molecule has 3 heterocycles. The van der Waals surface area contributed by atoms with E-state index in [1.54, 1.807) is 12.1 Å². The van der Waals surface area contributed by atoms with Crippen molar-refractivity contribution in [2.75, 3.05) is 25.1 Å². The fraction of sp³-hybridized carbons (Fsp3) is 0.409. The van der Waals surface area contributed by atoms with Crippen LogP contribution in [-0.4, -0.2) is 35.7 Å². The second-order valence-electron chi connectivity index (χ2n) is 7.59. The Hall–Kier alpha value is -2.31. The highest BCUT2D eigenvalue weighted by atomic mass is 35.5. The number of nitrogens with one attached hydrogen (secondary N) is 2. The maximum atomic E-state index is 13.3. The summed E-state index contributed by atoms with van der Waals surface area (Å²) in [5.74, 6) is 1.38. The van der Waals surface area contributed by atoms with E-state index in [4.69, 9.17) is 16.3 Å². The van der Waals surface area contributed by atoms with E-state index in [0.717, 1.165) is 62.8 Å². The molecule has 0 unspecified atom stereocenters. The van der Waals surface area contributed by atoms with Gasteiger partial charge in [0.1, 0.15) is 11.6 Å². The first kappa shape index (κ1) is 20.0. The molecule has 1 aromatic heterocycles. The third kappa shape index (κ3) is 5.00. The molecule has 0 spiro atoms. The molecule has 0 bridgehead atoms. The van der Waals surface area contributed by atoms with Crippen LogP contribution in [0.25, 0.3) is 0 Å². The van der Waals surface area contributed by atoms with E-state index in [1.165, 1.54) is 17.2 Å². The minimum Gasteiger partial charge on any atom is -0.381 e. The molecule has 29 heavy (non-hydrogen) atoms. The van der Waals surface area contributed by atoms with Crippen LogP contribution in [0, 0.1) is 5.82 Å². The number of anilines is 1. The summed E-state index contributed by atoms with van der Waals surface area (Å²) in [6, 6.07) is 7.34. The molecular formula is C22H26ClFN4O. The number of aromatic nitrogens is 1. The van der Waals surface area contributed by atoms with Crippen molar-refractivity contribution in [3.05, 3.63) is 70.4 Å². The summed E-state index contributed by atoms with van der Waals surface area (Å²) >= 11 is 5.86. The van der Waals surface area contributed by atoms with Crippen molar-refractivity contribution < 1.29 is 9.13 Å². The number of nitrogens with zero attached hydrogens (tertiary/aromatic N) is 2. The number of rotatable bonds is 6. The molecule has 1 fully saturated rings. The lowest BCUT2D eigenvalue weighted by Crippen LogP contribution is -2.35. The number of hydrogen-bond donors (Lipinski definition) is 2. The number of ether oxygens (including phenoxy) is 1. The van der Waals surface area contributed by atoms with E-state index in [2.05, 4.69) is 33.2 Å². The molecule has 0 atom stereocenters. The minimum atomic E-state index is -0.402. The third-order valence-electron chi connectivity index (χ3n) is 5.53. The Morgan fingerprint density at radius 3 is 2.90 bits per heavy atom. The van der Waals surface area contributed by atoms with Gasteiger partial charge >= 0.3 is 0 Å². The fourth-order valence-electron chi connectivity index (χ4n) is 3.76. The fourth-order valence-corrected chi connectivity index (χ4v) is 3.97. The van der Waals surface area contributed by atoms with Crippen LogP contribution in [0.3, 0.4) is 0 Å². The molecular weight excluding hydrogens is 391 g/mol. The number of pyridine rings is 1. The summed E-state index contributed by atoms with van der Waals surface area (Å²) < 4.78 is 18.7. The molecule has 154 valence electrons. The smallest absolute Gasteiger partial charge is 0.141 e. The highest BCUT2D eigenvalue weighted by Crippen LogP contribution is 2.24. The molecule has 7 heteroatoms. The monoisotopic (exact) mass is 416 g/mol. The van der Waals surface area contributed by atoms with Gasteiger partial charge in [0.05, 0.1) is 10.8 Å². The van der Waals surface area contributed by atoms with Crippen LogP contribution >= 0.6 is 11.6 Å². The number of fused-ring (bicyclic) bond motifs is 1. The van der Waals surface area contributed by atoms with E-state index in [-0.39, 0.29) is 5.02 Å². The molecule has 0 radical (unpaired) electrons. The van der Waals surface area contributed by atoms with Crippen LogP contribution < -0.4 is 10.6 Å². The Balaban J connectivity index is 1.35. The van der Waals surface area contributed by atoms with Crippen molar-refractivity contribution in [2.45, 2.75) is 38.4 Å². The van der Waals surface area contributed by atoms with Gasteiger partial charge in [-0.25, -0.2) is 9.37 Å². The van der Waals surface area contributed by atoms with Crippen LogP contribution in [0.15, 0.2) is 42.9 Å². The predicted molar refractivity (Wildman–Crippen MR) is 113 cm³/mol. The topological polar surface area (TPSA) is 49.4 Å². The second kappa shape index (κ2) is 9.01. The number of halogens is 2. The molecule has 0 amide bonds. The van der Waals surface area contributed by atoms with Gasteiger partial charge in [-0.2, -0.15) is 0 Å². The Kier molecular flexibility index (Phi) is 6.21. The van der Waals surface area contributed by atoms with E-state index in [0.29, 0.717) is 12.6 Å². The lowest BCUT2D eigenvalue weighted by atomic mass is 10.0. The third-order valence-corrected chi connectivity index (χ3v) is 5.82. The first-order valence-electron chi connectivity index (χ1n) is 10.0. The van der Waals surface area contributed by atoms with Crippen LogP contribution in [-0.2, 0) is 24.2 Å². The van der Waals surface area contributed by atoms with Crippen molar-refractivity contribution in [2.24, 2.45) is 0 Å². The number of hydrogen-bond acceptors (Lipinski definition) is 5. The van der Waals surface area contributed by atoms with E-state index in [9.17, 15) is 4.39 Å². The first-order valence-corrected chi connectivity index (χ1v) is 10.4. The highest BCUT2D eigenvalue weighted by molar-refractivity contribution is 6.30. The van der Waals surface area contributed by atoms with E-state index < -0.39 is 5.82 Å². The summed E-state index contributed by atoms with van der Waals surface area (Å²) in [5.41, 5.74) is 3.48. The van der Waals surface area contributed by atoms with Gasteiger partial charge < -0.3 is 20.3 Å². The van der Waals surface area contributed by atoms with Gasteiger partial charge in [0, 0.05) is 45.1 Å². The largest absolute Gasteiger partial charge is 0.381 e. The molecule has 0 saturated carbocycles. The van der Waals surface area contributed by atoms with Crippen LogP contribution in [0.5, 0.6) is 0 Å². The van der Waals surface area contributed by atoms with Crippen LogP contribution in [0.2, 0.25) is 5.02 Å². The normalized spacial score (nSPS) is 17.0. The van der Waals surface area contributed by atoms with Crippen LogP contribution in [0.4, 0.5) is 10.2 Å². The predicted octanol–water partition coefficient (Wildman–Crippen LogP) is 4.08. The second-order valence-corrected chi connectivity index (χ2v) is 8.00.